The minimum atomic E-state index is 0. The zero-order valence-electron chi connectivity index (χ0n) is 13.2. The smallest absolute Gasteiger partial charge is 0.189 e. The molecule has 0 fully saturated rings. The zero-order chi connectivity index (χ0) is 12.8. The molecule has 0 bridgehead atoms. The normalized spacial score (nSPS) is 9.10. The van der Waals surface area contributed by atoms with Crippen LogP contribution in [0.1, 0.15) is 37.8 Å². The predicted octanol–water partition coefficient (Wildman–Crippen LogP) is -0.940. The fraction of sp³-hybridized carbons (Fsp3) is 0.222. The molecular weight excluding hydrogens is 230 g/mol. The molecule has 0 unspecified atom stereocenters. The van der Waals surface area contributed by atoms with Crippen molar-refractivity contribution in [1.82, 2.24) is 0 Å². The van der Waals surface area contributed by atoms with Gasteiger partial charge in [-0.2, -0.15) is 47.2 Å². The van der Waals surface area contributed by atoms with Crippen LogP contribution in [0.3, 0.4) is 0 Å². The van der Waals surface area contributed by atoms with E-state index >= 15 is 0 Å². The van der Waals surface area contributed by atoms with E-state index in [2.05, 4.69) is 74.5 Å². The van der Waals surface area contributed by atoms with Crippen LogP contribution in [-0.4, -0.2) is 0 Å². The van der Waals surface area contributed by atoms with E-state index in [0.29, 0.717) is 0 Å². The number of rotatable bonds is 5. The van der Waals surface area contributed by atoms with Gasteiger partial charge in [-0.3, -0.25) is 0 Å². The Morgan fingerprint density at radius 2 is 0.900 bits per heavy atom. The Hall–Kier alpha value is -0.625. The second kappa shape index (κ2) is 10.2. The van der Waals surface area contributed by atoms with Gasteiger partial charge in [-0.25, -0.2) is 0 Å². The van der Waals surface area contributed by atoms with Crippen molar-refractivity contribution in [2.45, 2.75) is 26.7 Å². The van der Waals surface area contributed by atoms with Crippen LogP contribution in [0.5, 0.6) is 0 Å². The summed E-state index contributed by atoms with van der Waals surface area (Å²) in [6, 6.07) is 21.3. The third kappa shape index (κ3) is 5.79. The van der Waals surface area contributed by atoms with Crippen LogP contribution in [0.15, 0.2) is 60.7 Å². The Morgan fingerprint density at radius 3 is 1.20 bits per heavy atom. The van der Waals surface area contributed by atoms with Gasteiger partial charge >= 0.3 is 37.7 Å². The number of benzene rings is 2. The van der Waals surface area contributed by atoms with Gasteiger partial charge in [0.05, 0.1) is 0 Å². The first-order valence-corrected chi connectivity index (χ1v) is 6.53. The Morgan fingerprint density at radius 1 is 0.600 bits per heavy atom. The third-order valence-electron chi connectivity index (χ3n) is 3.41. The van der Waals surface area contributed by atoms with Gasteiger partial charge in [-0.1, -0.05) is 38.8 Å². The molecule has 2 aromatic rings. The summed E-state index contributed by atoms with van der Waals surface area (Å²) in [7, 11) is 0. The summed E-state index contributed by atoms with van der Waals surface area (Å²) < 4.78 is 0. The van der Waals surface area contributed by atoms with Crippen LogP contribution >= 0.6 is 0 Å². The second-order valence-electron chi connectivity index (χ2n) is 4.79. The molecule has 0 nitrogen and oxygen atoms in total. The molecule has 2 rings (SSSR count). The standard InChI is InChI=1S/C18H20.2Li/c1-15(17-9-5-3-6-10-17)13-14-16(2)18-11-7-4-8-12-18;;/h3-12H,13-14H2,1-2H3;;/q-2;2*+1. The Kier molecular flexibility index (Phi) is 9.83. The van der Waals surface area contributed by atoms with Crippen molar-refractivity contribution in [3.63, 3.8) is 0 Å². The molecule has 94 valence electrons. The minimum absolute atomic E-state index is 0. The van der Waals surface area contributed by atoms with Crippen molar-refractivity contribution < 1.29 is 37.7 Å². The van der Waals surface area contributed by atoms with Gasteiger partial charge in [-0.05, 0) is 0 Å². The van der Waals surface area contributed by atoms with Crippen LogP contribution in [0.4, 0.5) is 0 Å². The fourth-order valence-electron chi connectivity index (χ4n) is 2.11. The summed E-state index contributed by atoms with van der Waals surface area (Å²) in [5.41, 5.74) is 2.72. The molecule has 0 amide bonds. The molecule has 0 saturated carbocycles. The molecule has 0 aliphatic rings. The van der Waals surface area contributed by atoms with Crippen molar-refractivity contribution in [2.75, 3.05) is 0 Å². The van der Waals surface area contributed by atoms with Crippen LogP contribution < -0.4 is 37.7 Å². The van der Waals surface area contributed by atoms with Crippen molar-refractivity contribution in [2.24, 2.45) is 0 Å². The van der Waals surface area contributed by atoms with Crippen molar-refractivity contribution in [1.29, 1.82) is 0 Å². The minimum Gasteiger partial charge on any atom is -0.189 e. The maximum atomic E-state index is 2.23. The topological polar surface area (TPSA) is 0 Å². The molecule has 0 aliphatic carbocycles. The molecule has 0 atom stereocenters. The molecule has 0 N–H and O–H groups in total. The summed E-state index contributed by atoms with van der Waals surface area (Å²) in [6.07, 6.45) is 2.26. The average Bonchev–Trinajstić information content (AvgIpc) is 2.46. The van der Waals surface area contributed by atoms with Gasteiger partial charge < -0.3 is 0 Å². The Labute approximate surface area is 147 Å². The molecule has 0 radical (unpaired) electrons. The molecule has 2 heteroatoms. The van der Waals surface area contributed by atoms with E-state index in [0.717, 1.165) is 12.8 Å². The van der Waals surface area contributed by atoms with Gasteiger partial charge in [0.1, 0.15) is 0 Å². The Balaban J connectivity index is 0.00000180. The van der Waals surface area contributed by atoms with Gasteiger partial charge in [0, 0.05) is 0 Å². The van der Waals surface area contributed by atoms with Crippen LogP contribution in [0.25, 0.3) is 0 Å². The van der Waals surface area contributed by atoms with E-state index in [4.69, 9.17) is 0 Å². The molecule has 0 aliphatic heterocycles. The van der Waals surface area contributed by atoms with Gasteiger partial charge in [0.15, 0.2) is 0 Å². The zero-order valence-corrected chi connectivity index (χ0v) is 13.2. The van der Waals surface area contributed by atoms with E-state index in [1.165, 1.54) is 23.0 Å². The third-order valence-corrected chi connectivity index (χ3v) is 3.41. The first-order valence-electron chi connectivity index (χ1n) is 6.53. The van der Waals surface area contributed by atoms with Gasteiger partial charge in [-0.15, -0.1) is 24.3 Å². The molecule has 0 heterocycles. The molecule has 0 aromatic heterocycles. The summed E-state index contributed by atoms with van der Waals surface area (Å²) >= 11 is 0. The summed E-state index contributed by atoms with van der Waals surface area (Å²) in [6.45, 7) is 4.46. The molecular formula is C18H20Li2. The summed E-state index contributed by atoms with van der Waals surface area (Å²) in [5, 5.41) is 0. The molecule has 0 saturated heterocycles. The SMILES string of the molecule is C[C-](CC[C-](C)c1ccccc1)c1ccccc1.[Li+].[Li+]. The maximum Gasteiger partial charge on any atom is 1.00 e. The van der Waals surface area contributed by atoms with Gasteiger partial charge in [0.2, 0.25) is 0 Å². The number of hydrogen-bond acceptors (Lipinski definition) is 0. The summed E-state index contributed by atoms with van der Waals surface area (Å²) in [5.74, 6) is 2.93. The van der Waals surface area contributed by atoms with E-state index in [-0.39, 0.29) is 37.7 Å². The largest absolute Gasteiger partial charge is 1.00 e. The molecule has 2 aromatic carbocycles. The van der Waals surface area contributed by atoms with E-state index in [1.54, 1.807) is 0 Å². The number of hydrogen-bond donors (Lipinski definition) is 0. The van der Waals surface area contributed by atoms with Crippen LogP contribution in [-0.2, 0) is 0 Å². The fourth-order valence-corrected chi connectivity index (χ4v) is 2.11. The van der Waals surface area contributed by atoms with Crippen molar-refractivity contribution >= 4 is 0 Å². The molecule has 0 spiro atoms. The van der Waals surface area contributed by atoms with Crippen LogP contribution in [0, 0.1) is 11.8 Å². The maximum absolute atomic E-state index is 2.23. The van der Waals surface area contributed by atoms with Crippen molar-refractivity contribution in [3.8, 4) is 0 Å². The monoisotopic (exact) mass is 250 g/mol. The first-order chi connectivity index (χ1) is 8.77. The summed E-state index contributed by atoms with van der Waals surface area (Å²) in [4.78, 5) is 0. The second-order valence-corrected chi connectivity index (χ2v) is 4.79. The van der Waals surface area contributed by atoms with E-state index in [1.807, 2.05) is 0 Å². The first kappa shape index (κ1) is 19.4. The van der Waals surface area contributed by atoms with E-state index in [9.17, 15) is 0 Å². The molecule has 20 heavy (non-hydrogen) atoms. The Bertz CT molecular complexity index is 408. The quantitative estimate of drug-likeness (QED) is 0.475. The van der Waals surface area contributed by atoms with Crippen molar-refractivity contribution in [3.05, 3.63) is 83.6 Å². The van der Waals surface area contributed by atoms with Gasteiger partial charge in [0.25, 0.3) is 0 Å². The van der Waals surface area contributed by atoms with Crippen LogP contribution in [0.2, 0.25) is 0 Å². The average molecular weight is 250 g/mol. The predicted molar refractivity (Wildman–Crippen MR) is 78.2 cm³/mol. The van der Waals surface area contributed by atoms with E-state index < -0.39 is 0 Å².